The number of pyridine rings is 1. The molecule has 1 atom stereocenters. The molecule has 0 spiro atoms. The summed E-state index contributed by atoms with van der Waals surface area (Å²) in [6.07, 6.45) is 3.09. The van der Waals surface area contributed by atoms with Crippen molar-refractivity contribution in [1.29, 1.82) is 0 Å². The summed E-state index contributed by atoms with van der Waals surface area (Å²) < 4.78 is 0. The van der Waals surface area contributed by atoms with Crippen molar-refractivity contribution in [1.82, 2.24) is 10.3 Å². The number of hydrogen-bond donors (Lipinski definition) is 1. The number of piperazine rings is 1. The summed E-state index contributed by atoms with van der Waals surface area (Å²) in [5.41, 5.74) is 2.49. The van der Waals surface area contributed by atoms with E-state index in [1.54, 1.807) is 0 Å². The van der Waals surface area contributed by atoms with Gasteiger partial charge in [-0.15, -0.1) is 0 Å². The van der Waals surface area contributed by atoms with Crippen LogP contribution in [-0.4, -0.2) is 44.3 Å². The Morgan fingerprint density at radius 2 is 2.04 bits per heavy atom. The topological polar surface area (TPSA) is 31.4 Å². The van der Waals surface area contributed by atoms with Crippen LogP contribution in [0.1, 0.15) is 12.0 Å². The van der Waals surface area contributed by atoms with E-state index < -0.39 is 0 Å². The fourth-order valence-corrected chi connectivity index (χ4v) is 3.04. The number of anilines is 2. The summed E-state index contributed by atoms with van der Waals surface area (Å²) in [5.74, 6) is 1.10. The van der Waals surface area contributed by atoms with Gasteiger partial charge in [-0.05, 0) is 37.1 Å². The van der Waals surface area contributed by atoms with Crippen LogP contribution in [0.15, 0.2) is 48.7 Å². The SMILES string of the molecule is Cc1ccc(N2CCNC(CCN(C)c3ccccc3)C2)nc1. The highest BCUT2D eigenvalue weighted by Gasteiger charge is 2.20. The van der Waals surface area contributed by atoms with E-state index in [0.717, 1.165) is 38.4 Å². The third-order valence-corrected chi connectivity index (χ3v) is 4.49. The molecule has 1 aliphatic heterocycles. The summed E-state index contributed by atoms with van der Waals surface area (Å²) in [4.78, 5) is 9.28. The van der Waals surface area contributed by atoms with Gasteiger partial charge >= 0.3 is 0 Å². The van der Waals surface area contributed by atoms with Gasteiger partial charge in [-0.1, -0.05) is 24.3 Å². The number of aryl methyl sites for hydroxylation is 1. The predicted molar refractivity (Wildman–Crippen MR) is 97.3 cm³/mol. The molecule has 0 amide bonds. The van der Waals surface area contributed by atoms with Gasteiger partial charge in [-0.25, -0.2) is 4.98 Å². The Balaban J connectivity index is 1.53. The Hall–Kier alpha value is -2.07. The lowest BCUT2D eigenvalue weighted by Crippen LogP contribution is -2.51. The molecule has 2 aromatic rings. The lowest BCUT2D eigenvalue weighted by molar-refractivity contribution is 0.434. The number of para-hydroxylation sites is 1. The van der Waals surface area contributed by atoms with E-state index in [1.807, 2.05) is 6.20 Å². The number of nitrogens with zero attached hydrogens (tertiary/aromatic N) is 3. The van der Waals surface area contributed by atoms with Crippen molar-refractivity contribution < 1.29 is 0 Å². The summed E-state index contributed by atoms with van der Waals surface area (Å²) in [7, 11) is 2.16. The fourth-order valence-electron chi connectivity index (χ4n) is 3.04. The average Bonchev–Trinajstić information content (AvgIpc) is 2.61. The van der Waals surface area contributed by atoms with Gasteiger partial charge in [-0.2, -0.15) is 0 Å². The molecule has 1 N–H and O–H groups in total. The van der Waals surface area contributed by atoms with Crippen LogP contribution in [0.4, 0.5) is 11.5 Å². The Kier molecular flexibility index (Phi) is 5.13. The second kappa shape index (κ2) is 7.47. The first kappa shape index (κ1) is 15.8. The maximum absolute atomic E-state index is 4.57. The molecule has 122 valence electrons. The molecule has 23 heavy (non-hydrogen) atoms. The van der Waals surface area contributed by atoms with Gasteiger partial charge in [0.1, 0.15) is 5.82 Å². The number of benzene rings is 1. The monoisotopic (exact) mass is 310 g/mol. The van der Waals surface area contributed by atoms with E-state index >= 15 is 0 Å². The van der Waals surface area contributed by atoms with Crippen molar-refractivity contribution >= 4 is 11.5 Å². The van der Waals surface area contributed by atoms with Crippen molar-refractivity contribution in [3.63, 3.8) is 0 Å². The molecule has 1 aromatic heterocycles. The third-order valence-electron chi connectivity index (χ3n) is 4.49. The highest BCUT2D eigenvalue weighted by molar-refractivity contribution is 5.45. The molecule has 4 heteroatoms. The third kappa shape index (κ3) is 4.23. The summed E-state index contributed by atoms with van der Waals surface area (Å²) >= 11 is 0. The fraction of sp³-hybridized carbons (Fsp3) is 0.421. The molecule has 0 saturated carbocycles. The molecule has 4 nitrogen and oxygen atoms in total. The Labute approximate surface area is 139 Å². The molecule has 1 unspecified atom stereocenters. The van der Waals surface area contributed by atoms with Crippen LogP contribution in [0.25, 0.3) is 0 Å². The van der Waals surface area contributed by atoms with Crippen LogP contribution in [-0.2, 0) is 0 Å². The zero-order valence-electron chi connectivity index (χ0n) is 14.1. The zero-order valence-corrected chi connectivity index (χ0v) is 14.1. The molecule has 1 aliphatic rings. The van der Waals surface area contributed by atoms with E-state index in [1.165, 1.54) is 11.3 Å². The number of rotatable bonds is 5. The Morgan fingerprint density at radius 3 is 2.78 bits per heavy atom. The second-order valence-electron chi connectivity index (χ2n) is 6.34. The molecule has 0 aliphatic carbocycles. The highest BCUT2D eigenvalue weighted by atomic mass is 15.2. The lowest BCUT2D eigenvalue weighted by atomic mass is 10.1. The number of hydrogen-bond acceptors (Lipinski definition) is 4. The molecule has 2 heterocycles. The molecule has 1 fully saturated rings. The molecule has 0 bridgehead atoms. The quantitative estimate of drug-likeness (QED) is 0.920. The minimum Gasteiger partial charge on any atom is -0.375 e. The minimum absolute atomic E-state index is 0.512. The normalized spacial score (nSPS) is 18.0. The van der Waals surface area contributed by atoms with Gasteiger partial charge in [0.05, 0.1) is 0 Å². The molecule has 3 rings (SSSR count). The van der Waals surface area contributed by atoms with Crippen molar-refractivity contribution in [2.75, 3.05) is 43.0 Å². The van der Waals surface area contributed by atoms with E-state index in [0.29, 0.717) is 6.04 Å². The van der Waals surface area contributed by atoms with Crippen molar-refractivity contribution in [3.8, 4) is 0 Å². The van der Waals surface area contributed by atoms with Crippen LogP contribution in [0.3, 0.4) is 0 Å². The zero-order chi connectivity index (χ0) is 16.1. The smallest absolute Gasteiger partial charge is 0.128 e. The van der Waals surface area contributed by atoms with Crippen molar-refractivity contribution in [2.24, 2.45) is 0 Å². The van der Waals surface area contributed by atoms with Crippen LogP contribution in [0.2, 0.25) is 0 Å². The largest absolute Gasteiger partial charge is 0.375 e. The van der Waals surface area contributed by atoms with E-state index in [2.05, 4.69) is 76.5 Å². The molecule has 1 aromatic carbocycles. The van der Waals surface area contributed by atoms with Crippen LogP contribution in [0.5, 0.6) is 0 Å². The van der Waals surface area contributed by atoms with Crippen molar-refractivity contribution in [2.45, 2.75) is 19.4 Å². The van der Waals surface area contributed by atoms with Crippen molar-refractivity contribution in [3.05, 3.63) is 54.2 Å². The average molecular weight is 310 g/mol. The van der Waals surface area contributed by atoms with Gasteiger partial charge in [0.2, 0.25) is 0 Å². The maximum atomic E-state index is 4.57. The van der Waals surface area contributed by atoms with Gasteiger partial charge in [0.15, 0.2) is 0 Å². The van der Waals surface area contributed by atoms with E-state index in [4.69, 9.17) is 0 Å². The molecule has 0 radical (unpaired) electrons. The predicted octanol–water partition coefficient (Wildman–Crippen LogP) is 2.69. The summed E-state index contributed by atoms with van der Waals surface area (Å²) in [6, 6.07) is 15.4. The Morgan fingerprint density at radius 1 is 1.22 bits per heavy atom. The summed E-state index contributed by atoms with van der Waals surface area (Å²) in [6.45, 7) is 6.21. The first-order chi connectivity index (χ1) is 11.2. The number of nitrogens with one attached hydrogen (secondary N) is 1. The van der Waals surface area contributed by atoms with Crippen LogP contribution in [0, 0.1) is 6.92 Å². The Bertz CT molecular complexity index is 597. The number of aromatic nitrogens is 1. The van der Waals surface area contributed by atoms with Gasteiger partial charge in [0, 0.05) is 51.2 Å². The first-order valence-electron chi connectivity index (χ1n) is 8.39. The standard InChI is InChI=1S/C19H26N4/c1-16-8-9-19(21-14-16)23-13-11-20-17(15-23)10-12-22(2)18-6-4-3-5-7-18/h3-9,14,17,20H,10-13,15H2,1-2H3. The second-order valence-corrected chi connectivity index (χ2v) is 6.34. The van der Waals surface area contributed by atoms with Crippen LogP contribution >= 0.6 is 0 Å². The lowest BCUT2D eigenvalue weighted by Gasteiger charge is -2.35. The van der Waals surface area contributed by atoms with Gasteiger partial charge in [-0.3, -0.25) is 0 Å². The van der Waals surface area contributed by atoms with Gasteiger partial charge in [0.25, 0.3) is 0 Å². The van der Waals surface area contributed by atoms with Crippen LogP contribution < -0.4 is 15.1 Å². The molecule has 1 saturated heterocycles. The van der Waals surface area contributed by atoms with E-state index in [-0.39, 0.29) is 0 Å². The van der Waals surface area contributed by atoms with Gasteiger partial charge < -0.3 is 15.1 Å². The minimum atomic E-state index is 0.512. The molecular weight excluding hydrogens is 284 g/mol. The first-order valence-corrected chi connectivity index (χ1v) is 8.39. The highest BCUT2D eigenvalue weighted by Crippen LogP contribution is 2.16. The maximum Gasteiger partial charge on any atom is 0.128 e. The molecular formula is C19H26N4. The van der Waals surface area contributed by atoms with E-state index in [9.17, 15) is 0 Å². The summed E-state index contributed by atoms with van der Waals surface area (Å²) in [5, 5.41) is 3.64.